The van der Waals surface area contributed by atoms with Gasteiger partial charge in [0.05, 0.1) is 15.8 Å². The Balaban J connectivity index is 1.69. The number of likely N-dealkylation sites (N-methyl/N-ethyl adjacent to an activating group) is 1. The molecule has 1 fully saturated rings. The van der Waals surface area contributed by atoms with Crippen molar-refractivity contribution < 1.29 is 13.2 Å². The first kappa shape index (κ1) is 25.8. The quantitative estimate of drug-likeness (QED) is 0.520. The number of carbonyl (C=O) groups is 1. The Kier molecular flexibility index (Phi) is 7.46. The molecule has 192 valence electrons. The molecule has 0 unspecified atom stereocenters. The first-order valence-electron chi connectivity index (χ1n) is 12.1. The molecule has 1 aliphatic rings. The van der Waals surface area contributed by atoms with E-state index in [4.69, 9.17) is 0 Å². The molecule has 2 aromatic carbocycles. The maximum absolute atomic E-state index is 13.6. The Morgan fingerprint density at radius 1 is 1.03 bits per heavy atom. The highest BCUT2D eigenvalue weighted by molar-refractivity contribution is 7.89. The van der Waals surface area contributed by atoms with Crippen LogP contribution in [0.1, 0.15) is 37.7 Å². The van der Waals surface area contributed by atoms with Crippen molar-refractivity contribution in [1.29, 1.82) is 0 Å². The molecule has 1 atom stereocenters. The molecule has 1 heterocycles. The van der Waals surface area contributed by atoms with Crippen LogP contribution >= 0.6 is 0 Å². The maximum atomic E-state index is 13.6. The van der Waals surface area contributed by atoms with Gasteiger partial charge in [-0.25, -0.2) is 13.2 Å². The van der Waals surface area contributed by atoms with Gasteiger partial charge in [0, 0.05) is 27.2 Å². The van der Waals surface area contributed by atoms with Gasteiger partial charge in [-0.15, -0.1) is 0 Å². The zero-order valence-electron chi connectivity index (χ0n) is 20.8. The van der Waals surface area contributed by atoms with Crippen LogP contribution in [0.25, 0.3) is 10.9 Å². The van der Waals surface area contributed by atoms with Crippen LogP contribution in [0.2, 0.25) is 0 Å². The zero-order valence-corrected chi connectivity index (χ0v) is 21.6. The number of amides is 1. The normalized spacial score (nSPS) is 15.6. The third kappa shape index (κ3) is 5.15. The van der Waals surface area contributed by atoms with Gasteiger partial charge in [-0.05, 0) is 43.0 Å². The SMILES string of the molecule is CN(C(=O)[C@@H](Cc1ccccc1)NS(=O)(=O)c1ccc2c(c1)c(=O)n(C)c(=O)n2C)C1CCCCC1. The van der Waals surface area contributed by atoms with E-state index in [1.54, 1.807) is 11.9 Å². The Morgan fingerprint density at radius 2 is 1.69 bits per heavy atom. The van der Waals surface area contributed by atoms with Gasteiger partial charge in [-0.2, -0.15) is 4.72 Å². The van der Waals surface area contributed by atoms with Crippen molar-refractivity contribution in [2.45, 2.75) is 55.5 Å². The lowest BCUT2D eigenvalue weighted by Gasteiger charge is -2.34. The zero-order chi connectivity index (χ0) is 26.0. The monoisotopic (exact) mass is 512 g/mol. The number of nitrogens with zero attached hydrogens (tertiary/aromatic N) is 3. The van der Waals surface area contributed by atoms with Crippen molar-refractivity contribution in [2.75, 3.05) is 7.05 Å². The second-order valence-corrected chi connectivity index (χ2v) is 11.2. The standard InChI is InChI=1S/C26H32N4O5S/c1-28(19-12-8-5-9-13-19)25(32)22(16-18-10-6-4-7-11-18)27-36(34,35)20-14-15-23-21(17-20)24(31)30(3)26(33)29(23)2/h4,6-7,10-11,14-15,17,19,22,27H,5,8-9,12-13,16H2,1-3H3/t22-/m1/s1. The van der Waals surface area contributed by atoms with Gasteiger partial charge < -0.3 is 4.90 Å². The Labute approximate surface area is 210 Å². The number of aromatic nitrogens is 2. The van der Waals surface area contributed by atoms with Gasteiger partial charge in [0.25, 0.3) is 5.56 Å². The molecule has 1 aromatic heterocycles. The van der Waals surface area contributed by atoms with E-state index in [0.717, 1.165) is 42.2 Å². The smallest absolute Gasteiger partial charge is 0.330 e. The van der Waals surface area contributed by atoms with Gasteiger partial charge >= 0.3 is 5.69 Å². The summed E-state index contributed by atoms with van der Waals surface area (Å²) < 4.78 is 31.8. The van der Waals surface area contributed by atoms with Gasteiger partial charge in [-0.1, -0.05) is 49.6 Å². The first-order valence-corrected chi connectivity index (χ1v) is 13.6. The molecular formula is C26H32N4O5S. The third-order valence-corrected chi connectivity index (χ3v) is 8.57. The van der Waals surface area contributed by atoms with E-state index in [1.165, 1.54) is 36.9 Å². The number of carbonyl (C=O) groups excluding carboxylic acids is 1. The van der Waals surface area contributed by atoms with Crippen LogP contribution in [0, 0.1) is 0 Å². The largest absolute Gasteiger partial charge is 0.341 e. The highest BCUT2D eigenvalue weighted by atomic mass is 32.2. The molecule has 1 saturated carbocycles. The van der Waals surface area contributed by atoms with E-state index >= 15 is 0 Å². The van der Waals surface area contributed by atoms with E-state index in [-0.39, 0.29) is 28.7 Å². The van der Waals surface area contributed by atoms with E-state index in [0.29, 0.717) is 5.52 Å². The summed E-state index contributed by atoms with van der Waals surface area (Å²) >= 11 is 0. The average molecular weight is 513 g/mol. The predicted octanol–water partition coefficient (Wildman–Crippen LogP) is 1.92. The number of fused-ring (bicyclic) bond motifs is 1. The molecular weight excluding hydrogens is 480 g/mol. The van der Waals surface area contributed by atoms with E-state index in [1.807, 2.05) is 30.3 Å². The summed E-state index contributed by atoms with van der Waals surface area (Å²) in [7, 11) is 0.441. The third-order valence-electron chi connectivity index (χ3n) is 7.10. The number of hydrogen-bond acceptors (Lipinski definition) is 5. The number of aryl methyl sites for hydroxylation is 1. The lowest BCUT2D eigenvalue weighted by molar-refractivity contribution is -0.134. The van der Waals surface area contributed by atoms with Crippen molar-refractivity contribution in [1.82, 2.24) is 18.8 Å². The van der Waals surface area contributed by atoms with E-state index in [2.05, 4.69) is 4.72 Å². The second kappa shape index (κ2) is 10.4. The fourth-order valence-corrected chi connectivity index (χ4v) is 6.14. The second-order valence-electron chi connectivity index (χ2n) is 9.49. The molecule has 4 rings (SSSR count). The lowest BCUT2D eigenvalue weighted by Crippen LogP contribution is -2.51. The molecule has 1 N–H and O–H groups in total. The minimum atomic E-state index is -4.17. The maximum Gasteiger partial charge on any atom is 0.330 e. The molecule has 0 saturated heterocycles. The Morgan fingerprint density at radius 3 is 2.36 bits per heavy atom. The van der Waals surface area contributed by atoms with E-state index in [9.17, 15) is 22.8 Å². The number of rotatable bonds is 7. The molecule has 3 aromatic rings. The molecule has 9 nitrogen and oxygen atoms in total. The topological polar surface area (TPSA) is 110 Å². The fourth-order valence-electron chi connectivity index (χ4n) is 4.92. The van der Waals surface area contributed by atoms with Crippen molar-refractivity contribution in [2.24, 2.45) is 14.1 Å². The van der Waals surface area contributed by atoms with Crippen LogP contribution < -0.4 is 16.0 Å². The van der Waals surface area contributed by atoms with Crippen LogP contribution in [0.15, 0.2) is 63.0 Å². The first-order chi connectivity index (χ1) is 17.1. The summed E-state index contributed by atoms with van der Waals surface area (Å²) in [5.41, 5.74) is 0.0774. The highest BCUT2D eigenvalue weighted by Gasteiger charge is 2.32. The summed E-state index contributed by atoms with van der Waals surface area (Å²) in [6.07, 6.45) is 5.24. The summed E-state index contributed by atoms with van der Waals surface area (Å²) in [6, 6.07) is 12.4. The minimum absolute atomic E-state index is 0.0824. The molecule has 0 bridgehead atoms. The van der Waals surface area contributed by atoms with Gasteiger partial charge in [-0.3, -0.25) is 18.7 Å². The average Bonchev–Trinajstić information content (AvgIpc) is 2.90. The van der Waals surface area contributed by atoms with Crippen molar-refractivity contribution in [3.63, 3.8) is 0 Å². The summed E-state index contributed by atoms with van der Waals surface area (Å²) in [5, 5.41) is 0.104. The Bertz CT molecular complexity index is 1490. The van der Waals surface area contributed by atoms with Crippen LogP contribution in [-0.4, -0.2) is 47.5 Å². The van der Waals surface area contributed by atoms with Crippen LogP contribution in [0.5, 0.6) is 0 Å². The van der Waals surface area contributed by atoms with Gasteiger partial charge in [0.15, 0.2) is 0 Å². The lowest BCUT2D eigenvalue weighted by atomic mass is 9.94. The number of nitrogens with one attached hydrogen (secondary N) is 1. The van der Waals surface area contributed by atoms with Gasteiger partial charge in [0.1, 0.15) is 6.04 Å². The molecule has 0 radical (unpaired) electrons. The van der Waals surface area contributed by atoms with Crippen LogP contribution in [-0.2, 0) is 35.3 Å². The van der Waals surface area contributed by atoms with Crippen LogP contribution in [0.3, 0.4) is 0 Å². The molecule has 0 aliphatic heterocycles. The predicted molar refractivity (Wildman–Crippen MR) is 138 cm³/mol. The number of hydrogen-bond donors (Lipinski definition) is 1. The number of sulfonamides is 1. The highest BCUT2D eigenvalue weighted by Crippen LogP contribution is 2.23. The summed E-state index contributed by atoms with van der Waals surface area (Å²) in [4.78, 5) is 40.0. The minimum Gasteiger partial charge on any atom is -0.341 e. The molecule has 0 spiro atoms. The molecule has 36 heavy (non-hydrogen) atoms. The van der Waals surface area contributed by atoms with Crippen molar-refractivity contribution in [3.8, 4) is 0 Å². The van der Waals surface area contributed by atoms with Gasteiger partial charge in [0.2, 0.25) is 15.9 Å². The van der Waals surface area contributed by atoms with Crippen LogP contribution in [0.4, 0.5) is 0 Å². The summed E-state index contributed by atoms with van der Waals surface area (Å²) in [6.45, 7) is 0. The Hall–Kier alpha value is -3.24. The molecule has 1 aliphatic carbocycles. The molecule has 10 heteroatoms. The van der Waals surface area contributed by atoms with Crippen molar-refractivity contribution in [3.05, 3.63) is 74.9 Å². The molecule has 1 amide bonds. The fraction of sp³-hybridized carbons (Fsp3) is 0.423. The van der Waals surface area contributed by atoms with Crippen molar-refractivity contribution >= 4 is 26.8 Å². The number of benzene rings is 2. The summed E-state index contributed by atoms with van der Waals surface area (Å²) in [5.74, 6) is -0.284. The van der Waals surface area contributed by atoms with E-state index < -0.39 is 27.3 Å².